The minimum absolute atomic E-state index is 0.0440. The van der Waals surface area contributed by atoms with Crippen LogP contribution in [-0.4, -0.2) is 44.8 Å². The first-order valence-electron chi connectivity index (χ1n) is 8.63. The number of benzene rings is 2. The van der Waals surface area contributed by atoms with E-state index in [1.54, 1.807) is 42.3 Å². The number of carbonyl (C=O) groups excluding carboxylic acids is 2. The van der Waals surface area contributed by atoms with Crippen molar-refractivity contribution >= 4 is 37.8 Å². The van der Waals surface area contributed by atoms with Gasteiger partial charge in [-0.05, 0) is 36.2 Å². The Morgan fingerprint density at radius 1 is 1.21 bits per heavy atom. The fraction of sp³-hybridized carbons (Fsp3) is 0.263. The van der Waals surface area contributed by atoms with Crippen molar-refractivity contribution in [2.75, 3.05) is 13.6 Å². The molecule has 2 aromatic rings. The average molecular weight is 466 g/mol. The maximum atomic E-state index is 13.1. The normalized spacial score (nSPS) is 17.6. The minimum atomic E-state index is -3.99. The molecule has 2 aromatic carbocycles. The maximum Gasteiger partial charge on any atom is 0.248 e. The van der Waals surface area contributed by atoms with Gasteiger partial charge in [0.05, 0.1) is 4.90 Å². The van der Waals surface area contributed by atoms with Gasteiger partial charge in [0.2, 0.25) is 21.8 Å². The number of amides is 2. The van der Waals surface area contributed by atoms with Crippen LogP contribution in [0.3, 0.4) is 0 Å². The molecule has 2 amide bonds. The van der Waals surface area contributed by atoms with Crippen LogP contribution >= 0.6 is 15.9 Å². The molecule has 1 unspecified atom stereocenters. The number of nitrogens with two attached hydrogens (primary N) is 1. The van der Waals surface area contributed by atoms with Crippen molar-refractivity contribution in [3.63, 3.8) is 0 Å². The highest BCUT2D eigenvalue weighted by atomic mass is 79.9. The zero-order chi connectivity index (χ0) is 20.5. The van der Waals surface area contributed by atoms with E-state index in [9.17, 15) is 18.0 Å². The molecule has 0 saturated carbocycles. The highest BCUT2D eigenvalue weighted by Gasteiger charge is 2.29. The highest BCUT2D eigenvalue weighted by Crippen LogP contribution is 2.30. The van der Waals surface area contributed by atoms with Gasteiger partial charge in [0.1, 0.15) is 0 Å². The Kier molecular flexibility index (Phi) is 5.87. The van der Waals surface area contributed by atoms with E-state index in [4.69, 9.17) is 5.73 Å². The molecule has 3 rings (SSSR count). The summed E-state index contributed by atoms with van der Waals surface area (Å²) >= 11 is 3.36. The highest BCUT2D eigenvalue weighted by molar-refractivity contribution is 9.10. The van der Waals surface area contributed by atoms with Gasteiger partial charge in [-0.25, -0.2) is 13.1 Å². The van der Waals surface area contributed by atoms with E-state index < -0.39 is 22.0 Å². The summed E-state index contributed by atoms with van der Waals surface area (Å²) in [7, 11) is -2.30. The molecule has 0 aromatic heterocycles. The number of nitrogens with one attached hydrogen (secondary N) is 1. The van der Waals surface area contributed by atoms with Crippen LogP contribution in [0.4, 0.5) is 0 Å². The van der Waals surface area contributed by atoms with E-state index in [0.717, 1.165) is 4.47 Å². The Bertz CT molecular complexity index is 1020. The van der Waals surface area contributed by atoms with Crippen LogP contribution in [0.2, 0.25) is 0 Å². The van der Waals surface area contributed by atoms with E-state index >= 15 is 0 Å². The van der Waals surface area contributed by atoms with Crippen molar-refractivity contribution < 1.29 is 18.0 Å². The zero-order valence-electron chi connectivity index (χ0n) is 15.2. The molecule has 1 heterocycles. The molecule has 1 atom stereocenters. The Hall–Kier alpha value is -2.23. The number of sulfonamides is 1. The van der Waals surface area contributed by atoms with Crippen LogP contribution < -0.4 is 10.5 Å². The molecule has 28 heavy (non-hydrogen) atoms. The van der Waals surface area contributed by atoms with Crippen LogP contribution in [0.25, 0.3) is 11.1 Å². The second kappa shape index (κ2) is 8.02. The maximum absolute atomic E-state index is 13.1. The number of hydrogen-bond donors (Lipinski definition) is 2. The largest absolute Gasteiger partial charge is 0.366 e. The topological polar surface area (TPSA) is 110 Å². The summed E-state index contributed by atoms with van der Waals surface area (Å²) < 4.78 is 29.7. The van der Waals surface area contributed by atoms with Crippen molar-refractivity contribution in [3.8, 4) is 11.1 Å². The smallest absolute Gasteiger partial charge is 0.248 e. The number of likely N-dealkylation sites (tertiary alicyclic amines) is 1. The van der Waals surface area contributed by atoms with Crippen LogP contribution in [0.5, 0.6) is 0 Å². The summed E-state index contributed by atoms with van der Waals surface area (Å²) in [6.45, 7) is 0.479. The lowest BCUT2D eigenvalue weighted by molar-refractivity contribution is -0.132. The fourth-order valence-electron chi connectivity index (χ4n) is 3.09. The van der Waals surface area contributed by atoms with Crippen LogP contribution in [-0.2, 0) is 14.8 Å². The Labute approximate surface area is 172 Å². The lowest BCUT2D eigenvalue weighted by Gasteiger charge is -2.29. The van der Waals surface area contributed by atoms with Crippen molar-refractivity contribution in [1.29, 1.82) is 0 Å². The second-order valence-electron chi connectivity index (χ2n) is 6.71. The van der Waals surface area contributed by atoms with Gasteiger partial charge in [-0.15, -0.1) is 0 Å². The number of hydrogen-bond acceptors (Lipinski definition) is 4. The Morgan fingerprint density at radius 2 is 1.89 bits per heavy atom. The van der Waals surface area contributed by atoms with Gasteiger partial charge in [-0.3, -0.25) is 9.59 Å². The van der Waals surface area contributed by atoms with Crippen LogP contribution in [0, 0.1) is 0 Å². The molecule has 9 heteroatoms. The van der Waals surface area contributed by atoms with Gasteiger partial charge in [-0.2, -0.15) is 0 Å². The third-order valence-corrected chi connectivity index (χ3v) is 6.78. The zero-order valence-corrected chi connectivity index (χ0v) is 17.6. The summed E-state index contributed by atoms with van der Waals surface area (Å²) in [5.41, 5.74) is 6.57. The van der Waals surface area contributed by atoms with E-state index in [0.29, 0.717) is 24.1 Å². The molecule has 1 saturated heterocycles. The third kappa shape index (κ3) is 4.43. The van der Waals surface area contributed by atoms with E-state index in [-0.39, 0.29) is 22.8 Å². The van der Waals surface area contributed by atoms with Crippen molar-refractivity contribution in [2.45, 2.75) is 23.8 Å². The van der Waals surface area contributed by atoms with Crippen molar-refractivity contribution in [2.24, 2.45) is 5.73 Å². The fourth-order valence-corrected chi connectivity index (χ4v) is 4.88. The van der Waals surface area contributed by atoms with Crippen molar-refractivity contribution in [1.82, 2.24) is 9.62 Å². The molecule has 0 radical (unpaired) electrons. The molecular formula is C19H20BrN3O4S. The number of nitrogens with zero attached hydrogens (tertiary/aromatic N) is 1. The second-order valence-corrected chi connectivity index (χ2v) is 9.31. The SMILES string of the molecule is CN1CCC(NS(=O)(=O)c2cc(C(N)=O)ccc2-c2ccc(Br)cc2)CC1=O. The first kappa shape index (κ1) is 20.5. The number of rotatable bonds is 5. The van der Waals surface area contributed by atoms with Gasteiger partial charge in [0, 0.05) is 41.7 Å². The molecule has 0 aliphatic carbocycles. The number of halogens is 1. The van der Waals surface area contributed by atoms with Crippen molar-refractivity contribution in [3.05, 3.63) is 52.5 Å². The summed E-state index contributed by atoms with van der Waals surface area (Å²) in [4.78, 5) is 25.0. The van der Waals surface area contributed by atoms with Gasteiger partial charge >= 0.3 is 0 Å². The average Bonchev–Trinajstić information content (AvgIpc) is 2.64. The van der Waals surface area contributed by atoms with E-state index in [2.05, 4.69) is 20.7 Å². The van der Waals surface area contributed by atoms with E-state index in [1.807, 2.05) is 0 Å². The lowest BCUT2D eigenvalue weighted by Crippen LogP contribution is -2.46. The molecule has 148 valence electrons. The number of carbonyl (C=O) groups is 2. The molecule has 7 nitrogen and oxygen atoms in total. The Balaban J connectivity index is 2.02. The summed E-state index contributed by atoms with van der Waals surface area (Å²) in [6.07, 6.45) is 0.615. The third-order valence-electron chi connectivity index (χ3n) is 4.69. The quantitative estimate of drug-likeness (QED) is 0.704. The Morgan fingerprint density at radius 3 is 2.50 bits per heavy atom. The predicted octanol–water partition coefficient (Wildman–Crippen LogP) is 2.11. The summed E-state index contributed by atoms with van der Waals surface area (Å²) in [5, 5.41) is 0. The molecular weight excluding hydrogens is 446 g/mol. The molecule has 1 aliphatic rings. The number of piperidine rings is 1. The van der Waals surface area contributed by atoms with E-state index in [1.165, 1.54) is 12.1 Å². The minimum Gasteiger partial charge on any atom is -0.366 e. The molecule has 0 bridgehead atoms. The molecule has 1 fully saturated rings. The van der Waals surface area contributed by atoms with Gasteiger partial charge in [0.25, 0.3) is 0 Å². The van der Waals surface area contributed by atoms with Crippen LogP contribution in [0.15, 0.2) is 51.8 Å². The molecule has 3 N–H and O–H groups in total. The monoisotopic (exact) mass is 465 g/mol. The standard InChI is InChI=1S/C19H20BrN3O4S/c1-23-9-8-15(11-18(23)24)22-28(26,27)17-10-13(19(21)25)4-7-16(17)12-2-5-14(20)6-3-12/h2-7,10,15,22H,8-9,11H2,1H3,(H2,21,25). The summed E-state index contributed by atoms with van der Waals surface area (Å²) in [6, 6.07) is 11.0. The summed E-state index contributed by atoms with van der Waals surface area (Å²) in [5.74, 6) is -0.828. The van der Waals surface area contributed by atoms with Crippen LogP contribution in [0.1, 0.15) is 23.2 Å². The molecule has 0 spiro atoms. The van der Waals surface area contributed by atoms with Gasteiger partial charge in [-0.1, -0.05) is 34.1 Å². The first-order chi connectivity index (χ1) is 13.2. The van der Waals surface area contributed by atoms with Gasteiger partial charge in [0.15, 0.2) is 0 Å². The lowest BCUT2D eigenvalue weighted by atomic mass is 10.0. The number of primary amides is 1. The van der Waals surface area contributed by atoms with Gasteiger partial charge < -0.3 is 10.6 Å². The first-order valence-corrected chi connectivity index (χ1v) is 10.9. The molecule has 1 aliphatic heterocycles. The predicted molar refractivity (Wildman–Crippen MR) is 109 cm³/mol.